The number of rotatable bonds is 1. The number of benzene rings is 1. The van der Waals surface area contributed by atoms with E-state index in [2.05, 4.69) is 0 Å². The smallest absolute Gasteiger partial charge is 0.242 e. The van der Waals surface area contributed by atoms with E-state index in [1.54, 1.807) is 6.92 Å². The maximum atomic E-state index is 13.2. The van der Waals surface area contributed by atoms with Crippen molar-refractivity contribution in [1.82, 2.24) is 0 Å². The van der Waals surface area contributed by atoms with Gasteiger partial charge in [0.25, 0.3) is 0 Å². The van der Waals surface area contributed by atoms with Crippen LogP contribution in [0.1, 0.15) is 13.3 Å². The first-order valence-corrected chi connectivity index (χ1v) is 4.58. The highest BCUT2D eigenvalue weighted by atomic mass is 19.1. The molecule has 1 atom stereocenters. The minimum Gasteiger partial charge on any atom is -0.480 e. The molecule has 0 radical (unpaired) electrons. The van der Waals surface area contributed by atoms with E-state index in [0.717, 1.165) is 12.1 Å². The van der Waals surface area contributed by atoms with Crippen molar-refractivity contribution in [2.75, 3.05) is 6.61 Å². The zero-order valence-corrected chi connectivity index (χ0v) is 8.09. The molecule has 0 bridgehead atoms. The first kappa shape index (κ1) is 10.2. The van der Waals surface area contributed by atoms with Crippen LogP contribution in [-0.4, -0.2) is 17.5 Å². The first-order chi connectivity index (χ1) is 7.06. The van der Waals surface area contributed by atoms with Gasteiger partial charge in [-0.3, -0.25) is 0 Å². The summed E-state index contributed by atoms with van der Waals surface area (Å²) in [5.41, 5.74) is 0. The molecule has 1 N–H and O–H groups in total. The Hall–Kier alpha value is -1.36. The van der Waals surface area contributed by atoms with Gasteiger partial charge in [-0.05, 0) is 12.1 Å². The Morgan fingerprint density at radius 1 is 1.33 bits per heavy atom. The van der Waals surface area contributed by atoms with Gasteiger partial charge in [0.05, 0.1) is 0 Å². The van der Waals surface area contributed by atoms with Crippen molar-refractivity contribution in [3.63, 3.8) is 0 Å². The second kappa shape index (κ2) is 3.34. The summed E-state index contributed by atoms with van der Waals surface area (Å²) in [7, 11) is 0. The van der Waals surface area contributed by atoms with Gasteiger partial charge in [0.15, 0.2) is 18.2 Å². The van der Waals surface area contributed by atoms with E-state index in [4.69, 9.17) is 9.47 Å². The zero-order valence-electron chi connectivity index (χ0n) is 8.09. The minimum absolute atomic E-state index is 0.211. The third-order valence-electron chi connectivity index (χ3n) is 2.30. The summed E-state index contributed by atoms with van der Waals surface area (Å²) < 4.78 is 36.3. The summed E-state index contributed by atoms with van der Waals surface area (Å²) in [6.45, 7) is 1.45. The Morgan fingerprint density at radius 3 is 2.53 bits per heavy atom. The van der Waals surface area contributed by atoms with Gasteiger partial charge in [0, 0.05) is 6.42 Å². The van der Waals surface area contributed by atoms with Crippen molar-refractivity contribution in [3.05, 3.63) is 23.8 Å². The van der Waals surface area contributed by atoms with Crippen molar-refractivity contribution < 1.29 is 23.4 Å². The molecule has 0 unspecified atom stereocenters. The summed E-state index contributed by atoms with van der Waals surface area (Å²) in [4.78, 5) is 0. The predicted molar refractivity (Wildman–Crippen MR) is 47.7 cm³/mol. The van der Waals surface area contributed by atoms with E-state index in [-0.39, 0.29) is 24.5 Å². The van der Waals surface area contributed by atoms with Gasteiger partial charge < -0.3 is 14.6 Å². The molecule has 0 saturated carbocycles. The standard InChI is InChI=1S/C10H10F2O3/c1-2-10(13)5-14-8-6(11)3-4-7(12)9(8)15-10/h3-4,13H,2,5H2,1H3/t10-/m0/s1. The molecule has 0 aliphatic carbocycles. The number of hydrogen-bond donors (Lipinski definition) is 1. The molecular formula is C10H10F2O3. The van der Waals surface area contributed by atoms with Gasteiger partial charge in [-0.1, -0.05) is 6.92 Å². The molecule has 0 fully saturated rings. The average Bonchev–Trinajstić information content (AvgIpc) is 2.24. The van der Waals surface area contributed by atoms with Gasteiger partial charge in [0.2, 0.25) is 17.3 Å². The van der Waals surface area contributed by atoms with Crippen LogP contribution in [0.3, 0.4) is 0 Å². The molecule has 1 aliphatic rings. The molecule has 1 heterocycles. The van der Waals surface area contributed by atoms with Crippen molar-refractivity contribution in [2.24, 2.45) is 0 Å². The second-order valence-electron chi connectivity index (χ2n) is 3.38. The van der Waals surface area contributed by atoms with Crippen LogP contribution in [0.15, 0.2) is 12.1 Å². The van der Waals surface area contributed by atoms with Gasteiger partial charge in [-0.2, -0.15) is 0 Å². The monoisotopic (exact) mass is 216 g/mol. The fraction of sp³-hybridized carbons (Fsp3) is 0.400. The normalized spacial score (nSPS) is 24.0. The van der Waals surface area contributed by atoms with Gasteiger partial charge in [0.1, 0.15) is 0 Å². The summed E-state index contributed by atoms with van der Waals surface area (Å²) in [5.74, 6) is -3.69. The Balaban J connectivity index is 2.45. The van der Waals surface area contributed by atoms with E-state index >= 15 is 0 Å². The van der Waals surface area contributed by atoms with E-state index in [0.29, 0.717) is 0 Å². The molecular weight excluding hydrogens is 206 g/mol. The highest BCUT2D eigenvalue weighted by Gasteiger charge is 2.36. The molecule has 1 aliphatic heterocycles. The van der Waals surface area contributed by atoms with Crippen molar-refractivity contribution in [1.29, 1.82) is 0 Å². The Bertz CT molecular complexity index is 394. The number of halogens is 2. The van der Waals surface area contributed by atoms with E-state index in [9.17, 15) is 13.9 Å². The quantitative estimate of drug-likeness (QED) is 0.778. The third-order valence-corrected chi connectivity index (χ3v) is 2.30. The summed E-state index contributed by atoms with van der Waals surface area (Å²) >= 11 is 0. The van der Waals surface area contributed by atoms with Gasteiger partial charge in [-0.25, -0.2) is 8.78 Å². The molecule has 82 valence electrons. The van der Waals surface area contributed by atoms with E-state index < -0.39 is 17.4 Å². The Kier molecular flexibility index (Phi) is 2.26. The van der Waals surface area contributed by atoms with Crippen molar-refractivity contribution in [2.45, 2.75) is 19.1 Å². The third kappa shape index (κ3) is 1.63. The van der Waals surface area contributed by atoms with Crippen LogP contribution in [-0.2, 0) is 0 Å². The highest BCUT2D eigenvalue weighted by molar-refractivity contribution is 5.43. The molecule has 0 amide bonds. The van der Waals surface area contributed by atoms with Gasteiger partial charge in [-0.15, -0.1) is 0 Å². The van der Waals surface area contributed by atoms with Crippen LogP contribution in [0.2, 0.25) is 0 Å². The van der Waals surface area contributed by atoms with Crippen LogP contribution in [0.25, 0.3) is 0 Å². The lowest BCUT2D eigenvalue weighted by Crippen LogP contribution is -2.44. The van der Waals surface area contributed by atoms with Crippen molar-refractivity contribution >= 4 is 0 Å². The van der Waals surface area contributed by atoms with Gasteiger partial charge >= 0.3 is 0 Å². The number of fused-ring (bicyclic) bond motifs is 1. The maximum absolute atomic E-state index is 13.2. The number of aliphatic hydroxyl groups is 1. The van der Waals surface area contributed by atoms with Crippen LogP contribution >= 0.6 is 0 Å². The molecule has 0 aromatic heterocycles. The van der Waals surface area contributed by atoms with Crippen LogP contribution in [0.5, 0.6) is 11.5 Å². The van der Waals surface area contributed by atoms with E-state index in [1.165, 1.54) is 0 Å². The predicted octanol–water partition coefficient (Wildman–Crippen LogP) is 1.83. The molecule has 3 nitrogen and oxygen atoms in total. The molecule has 1 aromatic carbocycles. The van der Waals surface area contributed by atoms with E-state index in [1.807, 2.05) is 0 Å². The summed E-state index contributed by atoms with van der Waals surface area (Å²) in [6, 6.07) is 1.88. The molecule has 0 spiro atoms. The van der Waals surface area contributed by atoms with Crippen LogP contribution in [0, 0.1) is 11.6 Å². The highest BCUT2D eigenvalue weighted by Crippen LogP contribution is 2.39. The number of hydrogen-bond acceptors (Lipinski definition) is 3. The number of ether oxygens (including phenoxy) is 2. The topological polar surface area (TPSA) is 38.7 Å². The molecule has 15 heavy (non-hydrogen) atoms. The lowest BCUT2D eigenvalue weighted by atomic mass is 10.2. The Morgan fingerprint density at radius 2 is 1.93 bits per heavy atom. The molecule has 0 saturated heterocycles. The zero-order chi connectivity index (χ0) is 11.1. The van der Waals surface area contributed by atoms with Crippen LogP contribution in [0.4, 0.5) is 8.78 Å². The second-order valence-corrected chi connectivity index (χ2v) is 3.38. The lowest BCUT2D eigenvalue weighted by molar-refractivity contribution is -0.178. The fourth-order valence-electron chi connectivity index (χ4n) is 1.32. The van der Waals surface area contributed by atoms with Crippen molar-refractivity contribution in [3.8, 4) is 11.5 Å². The first-order valence-electron chi connectivity index (χ1n) is 4.58. The summed E-state index contributed by atoms with van der Waals surface area (Å²) in [5, 5.41) is 9.71. The lowest BCUT2D eigenvalue weighted by Gasteiger charge is -2.33. The fourth-order valence-corrected chi connectivity index (χ4v) is 1.32. The summed E-state index contributed by atoms with van der Waals surface area (Å²) in [6.07, 6.45) is 0.225. The molecule has 2 rings (SSSR count). The SMILES string of the molecule is CC[C@@]1(O)COc2c(F)ccc(F)c2O1. The molecule has 1 aromatic rings. The minimum atomic E-state index is -1.58. The maximum Gasteiger partial charge on any atom is 0.242 e. The Labute approximate surface area is 85.2 Å². The molecule has 5 heteroatoms. The average molecular weight is 216 g/mol. The largest absolute Gasteiger partial charge is 0.480 e. The van der Waals surface area contributed by atoms with Crippen LogP contribution < -0.4 is 9.47 Å².